The Hall–Kier alpha value is -1.84. The van der Waals surface area contributed by atoms with Crippen molar-refractivity contribution in [3.05, 3.63) is 58.7 Å². The summed E-state index contributed by atoms with van der Waals surface area (Å²) in [5.74, 6) is -2.37. The molecule has 0 unspecified atom stereocenters. The number of sulfonamides is 2. The van der Waals surface area contributed by atoms with Crippen LogP contribution < -0.4 is 0 Å². The fourth-order valence-electron chi connectivity index (χ4n) is 6.20. The van der Waals surface area contributed by atoms with Crippen LogP contribution in [0.25, 0.3) is 0 Å². The normalized spacial score (nSPS) is 29.2. The average Bonchev–Trinajstić information content (AvgIpc) is 3.23. The highest BCUT2D eigenvalue weighted by Gasteiger charge is 2.63. The molecule has 3 aliphatic heterocycles. The van der Waals surface area contributed by atoms with Crippen molar-refractivity contribution in [2.24, 2.45) is 0 Å². The summed E-state index contributed by atoms with van der Waals surface area (Å²) in [6.07, 6.45) is 0. The maximum atomic E-state index is 14.1. The number of piperazine rings is 1. The third kappa shape index (κ3) is 4.42. The fourth-order valence-corrected chi connectivity index (χ4v) is 14.6. The third-order valence-electron chi connectivity index (χ3n) is 7.67. The molecule has 5 rings (SSSR count). The quantitative estimate of drug-likeness (QED) is 0.503. The van der Waals surface area contributed by atoms with Crippen LogP contribution >= 0.6 is 0 Å². The van der Waals surface area contributed by atoms with Gasteiger partial charge in [-0.05, 0) is 51.0 Å². The first kappa shape index (κ1) is 27.7. The second-order valence-corrected chi connectivity index (χ2v) is 18.6. The molecule has 4 atom stereocenters. The maximum Gasteiger partial charge on any atom is 0.244 e. The Morgan fingerprint density at radius 3 is 1.13 bits per heavy atom. The van der Waals surface area contributed by atoms with Crippen molar-refractivity contribution in [3.8, 4) is 0 Å². The summed E-state index contributed by atoms with van der Waals surface area (Å²) in [5.41, 5.74) is 2.53. The Bertz CT molecular complexity index is 1600. The van der Waals surface area contributed by atoms with Crippen molar-refractivity contribution in [1.82, 2.24) is 8.61 Å². The van der Waals surface area contributed by atoms with Crippen molar-refractivity contribution in [3.63, 3.8) is 0 Å². The Labute approximate surface area is 224 Å². The summed E-state index contributed by atoms with van der Waals surface area (Å²) >= 11 is 0. The van der Waals surface area contributed by atoms with Crippen molar-refractivity contribution < 1.29 is 33.7 Å². The van der Waals surface area contributed by atoms with Crippen molar-refractivity contribution in [2.75, 3.05) is 23.0 Å². The Morgan fingerprint density at radius 2 is 0.868 bits per heavy atom. The summed E-state index contributed by atoms with van der Waals surface area (Å²) < 4.78 is 110. The molecule has 208 valence electrons. The van der Waals surface area contributed by atoms with Crippen LogP contribution in [0, 0.1) is 27.7 Å². The predicted molar refractivity (Wildman–Crippen MR) is 142 cm³/mol. The summed E-state index contributed by atoms with van der Waals surface area (Å²) in [6.45, 7) is 6.84. The van der Waals surface area contributed by atoms with Gasteiger partial charge in [0.15, 0.2) is 19.7 Å². The van der Waals surface area contributed by atoms with E-state index in [1.807, 2.05) is 0 Å². The van der Waals surface area contributed by atoms with Gasteiger partial charge in [0.05, 0.1) is 57.0 Å². The lowest BCUT2D eigenvalue weighted by Crippen LogP contribution is -2.70. The van der Waals surface area contributed by atoms with Crippen LogP contribution in [0.1, 0.15) is 22.3 Å². The fraction of sp³-hybridized carbons (Fsp3) is 0.500. The molecule has 0 spiro atoms. The van der Waals surface area contributed by atoms with Gasteiger partial charge in [0.1, 0.15) is 0 Å². The number of rotatable bonds is 4. The summed E-state index contributed by atoms with van der Waals surface area (Å²) in [5, 5.41) is 0. The van der Waals surface area contributed by atoms with Gasteiger partial charge in [-0.1, -0.05) is 35.4 Å². The van der Waals surface area contributed by atoms with E-state index in [2.05, 4.69) is 0 Å². The molecule has 14 heteroatoms. The Balaban J connectivity index is 1.73. The first-order valence-electron chi connectivity index (χ1n) is 12.1. The monoisotopic (exact) mass is 602 g/mol. The van der Waals surface area contributed by atoms with Crippen LogP contribution in [-0.2, 0) is 39.7 Å². The molecule has 3 saturated heterocycles. The molecule has 0 aliphatic carbocycles. The highest BCUT2D eigenvalue weighted by atomic mass is 32.2. The molecular formula is C24H30N2O8S4. The number of fused-ring (bicyclic) bond motifs is 2. The number of sulfone groups is 2. The molecule has 0 N–H and O–H groups in total. The van der Waals surface area contributed by atoms with E-state index in [-0.39, 0.29) is 9.79 Å². The maximum absolute atomic E-state index is 14.1. The minimum atomic E-state index is -4.38. The molecule has 2 aromatic rings. The Morgan fingerprint density at radius 1 is 0.579 bits per heavy atom. The number of aryl methyl sites for hydroxylation is 4. The second-order valence-electron chi connectivity index (χ2n) is 10.6. The van der Waals surface area contributed by atoms with Gasteiger partial charge in [-0.15, -0.1) is 0 Å². The van der Waals surface area contributed by atoms with E-state index in [0.717, 1.165) is 19.7 Å². The number of nitrogens with zero attached hydrogens (tertiary/aromatic N) is 2. The van der Waals surface area contributed by atoms with Gasteiger partial charge in [-0.2, -0.15) is 8.61 Å². The first-order valence-corrected chi connectivity index (χ1v) is 18.6. The van der Waals surface area contributed by atoms with Crippen molar-refractivity contribution in [2.45, 2.75) is 61.7 Å². The first-order chi connectivity index (χ1) is 17.4. The van der Waals surface area contributed by atoms with Crippen molar-refractivity contribution >= 4 is 39.7 Å². The molecule has 38 heavy (non-hydrogen) atoms. The zero-order valence-electron chi connectivity index (χ0n) is 21.4. The standard InChI is InChI=1S/C24H30N2O8S4/c1-15-5-7-23(17(3)9-15)37(31,32)25-19-11-35(27,28)13-21(19)26(22-14-36(29,30)12-20(22)25)38(33,34)24-8-6-16(2)10-18(24)4/h5-10,19-22H,11-14H2,1-4H3/t19-,20-,21-,22+/m0/s1. The lowest BCUT2D eigenvalue weighted by atomic mass is 10.0. The molecule has 0 saturated carbocycles. The van der Waals surface area contributed by atoms with Crippen LogP contribution in [0.4, 0.5) is 0 Å². The summed E-state index contributed by atoms with van der Waals surface area (Å²) in [4.78, 5) is -0.111. The molecule has 0 aromatic heterocycles. The van der Waals surface area contributed by atoms with Crippen LogP contribution in [0.15, 0.2) is 46.2 Å². The largest absolute Gasteiger partial charge is 0.244 e. The van der Waals surface area contributed by atoms with Gasteiger partial charge in [0, 0.05) is 0 Å². The van der Waals surface area contributed by atoms with Crippen LogP contribution in [0.3, 0.4) is 0 Å². The van der Waals surface area contributed by atoms with E-state index in [1.165, 1.54) is 12.1 Å². The molecular weight excluding hydrogens is 573 g/mol. The van der Waals surface area contributed by atoms with Gasteiger partial charge in [0.2, 0.25) is 20.0 Å². The molecule has 3 fully saturated rings. The molecule has 10 nitrogen and oxygen atoms in total. The van der Waals surface area contributed by atoms with E-state index >= 15 is 0 Å². The predicted octanol–water partition coefficient (Wildman–Crippen LogP) is 0.947. The van der Waals surface area contributed by atoms with Gasteiger partial charge in [0.25, 0.3) is 0 Å². The molecule has 2 aromatic carbocycles. The average molecular weight is 603 g/mol. The lowest BCUT2D eigenvalue weighted by molar-refractivity contribution is 0.0841. The van der Waals surface area contributed by atoms with Gasteiger partial charge in [-0.25, -0.2) is 33.7 Å². The van der Waals surface area contributed by atoms with Gasteiger partial charge < -0.3 is 0 Å². The van der Waals surface area contributed by atoms with Crippen LogP contribution in [-0.4, -0.2) is 89.5 Å². The third-order valence-corrected chi connectivity index (χ3v) is 15.3. The second kappa shape index (κ2) is 8.83. The number of hydrogen-bond acceptors (Lipinski definition) is 8. The number of benzene rings is 2. The van der Waals surface area contributed by atoms with E-state index in [9.17, 15) is 33.7 Å². The molecule has 3 heterocycles. The van der Waals surface area contributed by atoms with E-state index in [4.69, 9.17) is 0 Å². The highest BCUT2D eigenvalue weighted by molar-refractivity contribution is 7.93. The molecule has 3 aliphatic rings. The summed E-state index contributed by atoms with van der Waals surface area (Å²) in [6, 6.07) is 4.40. The van der Waals surface area contributed by atoms with Gasteiger partial charge >= 0.3 is 0 Å². The van der Waals surface area contributed by atoms with Crippen LogP contribution in [0.5, 0.6) is 0 Å². The highest BCUT2D eigenvalue weighted by Crippen LogP contribution is 2.43. The summed E-state index contributed by atoms with van der Waals surface area (Å²) in [7, 11) is -16.4. The van der Waals surface area contributed by atoms with Crippen molar-refractivity contribution in [1.29, 1.82) is 0 Å². The SMILES string of the molecule is Cc1ccc(S(=O)(=O)N2[C@@H]3CS(=O)(=O)C[C@@H]3N(S(=O)(=O)c3ccc(C)cc3C)[C@H]3CS(=O)(=O)C[C@@H]32)c(C)c1. The lowest BCUT2D eigenvalue weighted by Gasteiger charge is -2.49. The zero-order valence-corrected chi connectivity index (χ0v) is 24.7. The topological polar surface area (TPSA) is 143 Å². The smallest absolute Gasteiger partial charge is 0.229 e. The van der Waals surface area contributed by atoms with E-state index < -0.39 is 86.9 Å². The molecule has 0 bridgehead atoms. The van der Waals surface area contributed by atoms with Crippen LogP contribution in [0.2, 0.25) is 0 Å². The minimum Gasteiger partial charge on any atom is -0.229 e. The molecule has 0 amide bonds. The Kier molecular flexibility index (Phi) is 6.44. The number of hydrogen-bond donors (Lipinski definition) is 0. The van der Waals surface area contributed by atoms with E-state index in [1.54, 1.807) is 52.0 Å². The molecule has 0 radical (unpaired) electrons. The minimum absolute atomic E-state index is 0.0557. The zero-order chi connectivity index (χ0) is 28.0. The van der Waals surface area contributed by atoms with E-state index in [0.29, 0.717) is 11.1 Å². The van der Waals surface area contributed by atoms with Gasteiger partial charge in [-0.3, -0.25) is 0 Å².